The minimum absolute atomic E-state index is 0.117. The van der Waals surface area contributed by atoms with Gasteiger partial charge < -0.3 is 24.1 Å². The van der Waals surface area contributed by atoms with E-state index in [2.05, 4.69) is 9.47 Å². The van der Waals surface area contributed by atoms with Crippen LogP contribution in [0.5, 0.6) is 0 Å². The Bertz CT molecular complexity index is 564. The van der Waals surface area contributed by atoms with Crippen LogP contribution in [0.4, 0.5) is 9.59 Å². The van der Waals surface area contributed by atoms with Gasteiger partial charge in [0.25, 0.3) is 0 Å². The van der Waals surface area contributed by atoms with Crippen LogP contribution >= 0.6 is 7.60 Å². The third-order valence-electron chi connectivity index (χ3n) is 2.59. The summed E-state index contributed by atoms with van der Waals surface area (Å²) in [5, 5.41) is 8.62. The predicted molar refractivity (Wildman–Crippen MR) is 96.3 cm³/mol. The average molecular weight is 458 g/mol. The lowest BCUT2D eigenvalue weighted by Crippen LogP contribution is -2.17. The first kappa shape index (κ1) is 29.7. The van der Waals surface area contributed by atoms with Crippen molar-refractivity contribution in [2.75, 3.05) is 19.7 Å². The molecular formula is C16H27O13P. The van der Waals surface area contributed by atoms with Crippen molar-refractivity contribution in [3.63, 3.8) is 0 Å². The number of carboxylic acid groups (broad SMARTS) is 1. The molecule has 0 aromatic carbocycles. The smallest absolute Gasteiger partial charge is 0.481 e. The minimum atomic E-state index is -3.82. The first-order valence-corrected chi connectivity index (χ1v) is 10.4. The van der Waals surface area contributed by atoms with Crippen molar-refractivity contribution in [3.05, 3.63) is 0 Å². The van der Waals surface area contributed by atoms with Gasteiger partial charge >= 0.3 is 32.0 Å². The second-order valence-corrected chi connectivity index (χ2v) is 8.07. The molecule has 0 saturated heterocycles. The molecule has 13 nitrogen and oxygen atoms in total. The van der Waals surface area contributed by atoms with Crippen molar-refractivity contribution >= 4 is 32.0 Å². The standard InChI is InChI=1S/C15H27O11P.CO2/c1-11(2)25-14(18)21-9-23-27(20,8-6-5-7-13(16)17)24-10-22-15(19)26-12(3)4;2-1-3/h11-12H,5-10H2,1-4H3,(H,16,17);. The van der Waals surface area contributed by atoms with E-state index in [9.17, 15) is 18.9 Å². The number of carbonyl (C=O) groups is 3. The second-order valence-electron chi connectivity index (χ2n) is 5.88. The Morgan fingerprint density at radius 1 is 0.867 bits per heavy atom. The molecule has 14 heteroatoms. The highest BCUT2D eigenvalue weighted by atomic mass is 31.2. The van der Waals surface area contributed by atoms with E-state index in [0.29, 0.717) is 0 Å². The molecule has 0 unspecified atom stereocenters. The van der Waals surface area contributed by atoms with E-state index in [0.717, 1.165) is 0 Å². The molecule has 0 atom stereocenters. The molecule has 0 fully saturated rings. The number of rotatable bonds is 13. The molecule has 0 radical (unpaired) electrons. The Morgan fingerprint density at radius 2 is 1.27 bits per heavy atom. The summed E-state index contributed by atoms with van der Waals surface area (Å²) in [4.78, 5) is 49.3. The maximum Gasteiger partial charge on any atom is 0.510 e. The number of unbranched alkanes of at least 4 members (excludes halogenated alkanes) is 1. The van der Waals surface area contributed by atoms with Crippen molar-refractivity contribution < 1.29 is 61.6 Å². The number of carbonyl (C=O) groups excluding carboxylic acids is 4. The Hall–Kier alpha value is -2.46. The second kappa shape index (κ2) is 17.4. The molecule has 0 aliphatic heterocycles. The summed E-state index contributed by atoms with van der Waals surface area (Å²) in [5.41, 5.74) is 0. The Labute approximate surface area is 173 Å². The van der Waals surface area contributed by atoms with E-state index < -0.39 is 51.7 Å². The Balaban J connectivity index is 0. The van der Waals surface area contributed by atoms with Crippen LogP contribution < -0.4 is 0 Å². The van der Waals surface area contributed by atoms with E-state index >= 15 is 0 Å². The van der Waals surface area contributed by atoms with Crippen LogP contribution in [0.1, 0.15) is 47.0 Å². The fraction of sp³-hybridized carbons (Fsp3) is 0.750. The molecule has 0 spiro atoms. The molecule has 0 saturated carbocycles. The molecule has 0 heterocycles. The predicted octanol–water partition coefficient (Wildman–Crippen LogP) is 2.92. The summed E-state index contributed by atoms with van der Waals surface area (Å²) < 4.78 is 41.2. The van der Waals surface area contributed by atoms with Crippen LogP contribution in [0.25, 0.3) is 0 Å². The number of hydrogen-bond acceptors (Lipinski definition) is 12. The summed E-state index contributed by atoms with van der Waals surface area (Å²) in [6, 6.07) is 0. The first-order valence-electron chi connectivity index (χ1n) is 8.71. The number of ether oxygens (including phenoxy) is 4. The summed E-state index contributed by atoms with van der Waals surface area (Å²) in [6.07, 6.45) is -2.43. The largest absolute Gasteiger partial charge is 0.510 e. The van der Waals surface area contributed by atoms with Crippen LogP contribution in [0, 0.1) is 0 Å². The zero-order valence-corrected chi connectivity index (χ0v) is 18.1. The van der Waals surface area contributed by atoms with Crippen LogP contribution in [0.15, 0.2) is 0 Å². The van der Waals surface area contributed by atoms with Gasteiger partial charge in [-0.1, -0.05) is 0 Å². The maximum atomic E-state index is 12.6. The van der Waals surface area contributed by atoms with Gasteiger partial charge in [0.2, 0.25) is 13.6 Å². The summed E-state index contributed by atoms with van der Waals surface area (Å²) in [6.45, 7) is 5.05. The highest BCUT2D eigenvalue weighted by Crippen LogP contribution is 2.49. The topological polar surface area (TPSA) is 178 Å². The van der Waals surface area contributed by atoms with Crippen molar-refractivity contribution in [2.45, 2.75) is 59.2 Å². The SMILES string of the molecule is CC(C)OC(=O)OCOP(=O)(CCCCC(=O)O)OCOC(=O)OC(C)C.O=C=O. The fourth-order valence-electron chi connectivity index (χ4n) is 1.51. The van der Waals surface area contributed by atoms with E-state index in [-0.39, 0.29) is 31.6 Å². The van der Waals surface area contributed by atoms with Crippen LogP contribution in [-0.2, 0) is 46.9 Å². The minimum Gasteiger partial charge on any atom is -0.481 e. The lowest BCUT2D eigenvalue weighted by Gasteiger charge is -2.18. The van der Waals surface area contributed by atoms with Crippen molar-refractivity contribution in [2.24, 2.45) is 0 Å². The van der Waals surface area contributed by atoms with Crippen molar-refractivity contribution in [3.8, 4) is 0 Å². The van der Waals surface area contributed by atoms with Gasteiger partial charge in [-0.15, -0.1) is 0 Å². The summed E-state index contributed by atoms with van der Waals surface area (Å²) >= 11 is 0. The van der Waals surface area contributed by atoms with E-state index in [4.69, 9.17) is 33.2 Å². The zero-order valence-electron chi connectivity index (χ0n) is 17.2. The molecule has 0 aromatic rings. The van der Waals surface area contributed by atoms with Gasteiger partial charge in [0.15, 0.2) is 0 Å². The third-order valence-corrected chi connectivity index (χ3v) is 4.45. The quantitative estimate of drug-likeness (QED) is 0.184. The Morgan fingerprint density at radius 3 is 1.60 bits per heavy atom. The van der Waals surface area contributed by atoms with Gasteiger partial charge in [0.05, 0.1) is 18.4 Å². The van der Waals surface area contributed by atoms with Crippen LogP contribution in [-0.4, -0.2) is 61.5 Å². The maximum absolute atomic E-state index is 12.6. The van der Waals surface area contributed by atoms with Crippen LogP contribution in [0.3, 0.4) is 0 Å². The van der Waals surface area contributed by atoms with Gasteiger partial charge in [-0.2, -0.15) is 9.59 Å². The average Bonchev–Trinajstić information content (AvgIpc) is 2.58. The summed E-state index contributed by atoms with van der Waals surface area (Å²) in [5.74, 6) is -0.994. The molecule has 1 N–H and O–H groups in total. The van der Waals surface area contributed by atoms with Gasteiger partial charge in [0, 0.05) is 6.42 Å². The van der Waals surface area contributed by atoms with E-state index in [1.165, 1.54) is 0 Å². The van der Waals surface area contributed by atoms with Gasteiger partial charge in [-0.05, 0) is 40.5 Å². The number of carboxylic acids is 1. The first-order chi connectivity index (χ1) is 14.0. The molecule has 0 aromatic heterocycles. The highest BCUT2D eigenvalue weighted by Gasteiger charge is 2.26. The molecule has 0 bridgehead atoms. The third kappa shape index (κ3) is 20.3. The fourth-order valence-corrected chi connectivity index (χ4v) is 2.88. The van der Waals surface area contributed by atoms with Crippen molar-refractivity contribution in [1.29, 1.82) is 0 Å². The van der Waals surface area contributed by atoms with Gasteiger partial charge in [-0.3, -0.25) is 18.4 Å². The molecule has 30 heavy (non-hydrogen) atoms. The molecular weight excluding hydrogens is 431 g/mol. The number of aliphatic carboxylic acids is 1. The van der Waals surface area contributed by atoms with Gasteiger partial charge in [0.1, 0.15) is 0 Å². The molecule has 0 amide bonds. The molecule has 0 aliphatic carbocycles. The number of hydrogen-bond donors (Lipinski definition) is 1. The van der Waals surface area contributed by atoms with Crippen LogP contribution in [0.2, 0.25) is 0 Å². The summed E-state index contributed by atoms with van der Waals surface area (Å²) in [7, 11) is -3.82. The molecule has 0 rings (SSSR count). The molecule has 174 valence electrons. The molecule has 0 aliphatic rings. The lowest BCUT2D eigenvalue weighted by molar-refractivity contribution is -0.191. The Kier molecular flexibility index (Phi) is 17.3. The van der Waals surface area contributed by atoms with E-state index in [1.807, 2.05) is 0 Å². The van der Waals surface area contributed by atoms with Gasteiger partial charge in [-0.25, -0.2) is 9.59 Å². The monoisotopic (exact) mass is 458 g/mol. The zero-order chi connectivity index (χ0) is 23.6. The highest BCUT2D eigenvalue weighted by molar-refractivity contribution is 7.53. The van der Waals surface area contributed by atoms with Crippen molar-refractivity contribution in [1.82, 2.24) is 0 Å². The lowest BCUT2D eigenvalue weighted by atomic mass is 10.2. The van der Waals surface area contributed by atoms with E-state index in [1.54, 1.807) is 27.7 Å². The normalized spacial score (nSPS) is 10.5.